The lowest BCUT2D eigenvalue weighted by Crippen LogP contribution is -2.15. The van der Waals surface area contributed by atoms with Gasteiger partial charge in [0.25, 0.3) is 0 Å². The van der Waals surface area contributed by atoms with Crippen molar-refractivity contribution in [3.63, 3.8) is 0 Å². The van der Waals surface area contributed by atoms with Gasteiger partial charge in [0.2, 0.25) is 0 Å². The molecule has 0 aliphatic carbocycles. The van der Waals surface area contributed by atoms with Crippen LogP contribution in [0.4, 0.5) is 0 Å². The lowest BCUT2D eigenvalue weighted by Gasteiger charge is -2.10. The zero-order valence-corrected chi connectivity index (χ0v) is 21.6. The summed E-state index contributed by atoms with van der Waals surface area (Å²) < 4.78 is 15.7. The molecule has 0 amide bonds. The van der Waals surface area contributed by atoms with E-state index in [1.807, 2.05) is 24.3 Å². The van der Waals surface area contributed by atoms with E-state index in [0.29, 0.717) is 24.3 Å². The number of unbranched alkanes of at least 4 members (excludes halogenated alkanes) is 10. The number of benzene rings is 2. The van der Waals surface area contributed by atoms with Crippen LogP contribution in [0.3, 0.4) is 0 Å². The van der Waals surface area contributed by atoms with E-state index in [4.69, 9.17) is 14.2 Å². The minimum absolute atomic E-state index is 0.293. The summed E-state index contributed by atoms with van der Waals surface area (Å²) in [4.78, 5) is 24.7. The molecule has 0 atom stereocenters. The van der Waals surface area contributed by atoms with Crippen LogP contribution in [-0.4, -0.2) is 25.2 Å². The molecule has 0 fully saturated rings. The van der Waals surface area contributed by atoms with Gasteiger partial charge in [-0.15, -0.1) is 0 Å². The first kappa shape index (κ1) is 28.4. The highest BCUT2D eigenvalue weighted by atomic mass is 16.6. The van der Waals surface area contributed by atoms with E-state index in [0.717, 1.165) is 37.2 Å². The Morgan fingerprint density at radius 1 is 0.571 bits per heavy atom. The normalized spacial score (nSPS) is 10.9. The maximum atomic E-state index is 12.4. The fourth-order valence-electron chi connectivity index (χ4n) is 3.70. The molecule has 0 saturated heterocycles. The number of para-hydroxylation sites is 2. The van der Waals surface area contributed by atoms with Gasteiger partial charge in [-0.05, 0) is 37.1 Å². The van der Waals surface area contributed by atoms with E-state index in [9.17, 15) is 9.59 Å². The summed E-state index contributed by atoms with van der Waals surface area (Å²) >= 11 is 0. The van der Waals surface area contributed by atoms with Crippen molar-refractivity contribution >= 4 is 11.9 Å². The van der Waals surface area contributed by atoms with E-state index in [2.05, 4.69) is 13.8 Å². The van der Waals surface area contributed by atoms with Crippen molar-refractivity contribution in [1.82, 2.24) is 0 Å². The van der Waals surface area contributed by atoms with Crippen molar-refractivity contribution in [2.24, 2.45) is 0 Å². The number of hydrogen-bond donors (Lipinski definition) is 0. The molecule has 1 aliphatic heterocycles. The van der Waals surface area contributed by atoms with Crippen molar-refractivity contribution in [3.05, 3.63) is 59.7 Å². The predicted octanol–water partition coefficient (Wildman–Crippen LogP) is 8.51. The van der Waals surface area contributed by atoms with Gasteiger partial charge in [-0.3, -0.25) is 0 Å². The molecule has 192 valence electrons. The van der Waals surface area contributed by atoms with Gasteiger partial charge in [0, 0.05) is 0 Å². The first-order valence-electron chi connectivity index (χ1n) is 13.4. The third-order valence-corrected chi connectivity index (χ3v) is 5.86. The maximum Gasteiger partial charge on any atom is 0.339 e. The Bertz CT molecular complexity index is 807. The van der Waals surface area contributed by atoms with Crippen molar-refractivity contribution < 1.29 is 23.8 Å². The second-order valence-electron chi connectivity index (χ2n) is 8.90. The summed E-state index contributed by atoms with van der Waals surface area (Å²) in [5, 5.41) is 0. The van der Waals surface area contributed by atoms with Crippen LogP contribution in [0.5, 0.6) is 11.5 Å². The van der Waals surface area contributed by atoms with Gasteiger partial charge in [-0.1, -0.05) is 102 Å². The standard InChI is InChI=1S/C24H38O4.C6H4O/c1-3-5-7-9-11-15-19-27-23(25)21-17-13-14-18-22(21)24(26)28-20-16-12-10-8-6-4-2;1-2-4-6-5(3-1)7-6/h13-14,17-18H,3-12,15-16,19-20H2,1-2H3;1-4H. The van der Waals surface area contributed by atoms with Crippen LogP contribution in [0.2, 0.25) is 0 Å². The molecule has 1 heterocycles. The molecule has 5 heteroatoms. The van der Waals surface area contributed by atoms with Crippen LogP contribution in [0.1, 0.15) is 112 Å². The molecule has 0 unspecified atom stereocenters. The molecule has 1 aliphatic rings. The molecule has 0 aromatic heterocycles. The van der Waals surface area contributed by atoms with E-state index in [1.165, 1.54) is 51.4 Å². The zero-order valence-electron chi connectivity index (χ0n) is 21.6. The van der Waals surface area contributed by atoms with Gasteiger partial charge in [0.1, 0.15) is 0 Å². The van der Waals surface area contributed by atoms with E-state index in [-0.39, 0.29) is 0 Å². The highest BCUT2D eigenvalue weighted by Gasteiger charge is 2.19. The summed E-state index contributed by atoms with van der Waals surface area (Å²) in [6, 6.07) is 14.6. The number of ether oxygens (including phenoxy) is 3. The SMILES string of the molecule is CCCCCCCCOC(=O)c1ccccc1C(=O)OCCCCCCCC.c1ccc2c(c1)O2. The molecule has 0 radical (unpaired) electrons. The fraction of sp³-hybridized carbons (Fsp3) is 0.533. The third kappa shape index (κ3) is 11.9. The summed E-state index contributed by atoms with van der Waals surface area (Å²) in [6.07, 6.45) is 13.6. The molecule has 0 bridgehead atoms. The smallest absolute Gasteiger partial charge is 0.339 e. The number of carbonyl (C=O) groups is 2. The highest BCUT2D eigenvalue weighted by molar-refractivity contribution is 6.03. The molecule has 0 N–H and O–H groups in total. The van der Waals surface area contributed by atoms with Crippen LogP contribution in [0.25, 0.3) is 0 Å². The Labute approximate surface area is 211 Å². The van der Waals surface area contributed by atoms with Crippen LogP contribution in [0, 0.1) is 0 Å². The van der Waals surface area contributed by atoms with Crippen molar-refractivity contribution in [3.8, 4) is 11.5 Å². The van der Waals surface area contributed by atoms with Gasteiger partial charge >= 0.3 is 11.9 Å². The molecule has 3 rings (SSSR count). The second-order valence-corrected chi connectivity index (χ2v) is 8.90. The van der Waals surface area contributed by atoms with Crippen LogP contribution >= 0.6 is 0 Å². The number of carbonyl (C=O) groups excluding carboxylic acids is 2. The van der Waals surface area contributed by atoms with Gasteiger partial charge in [-0.25, -0.2) is 9.59 Å². The van der Waals surface area contributed by atoms with Gasteiger partial charge in [-0.2, -0.15) is 0 Å². The molecular formula is C30H42O5. The fourth-order valence-corrected chi connectivity index (χ4v) is 3.70. The van der Waals surface area contributed by atoms with Crippen molar-refractivity contribution in [1.29, 1.82) is 0 Å². The van der Waals surface area contributed by atoms with Crippen LogP contribution in [0.15, 0.2) is 48.5 Å². The van der Waals surface area contributed by atoms with Gasteiger partial charge < -0.3 is 14.2 Å². The average molecular weight is 483 g/mol. The quantitative estimate of drug-likeness (QED) is 0.116. The Balaban J connectivity index is 0.000000514. The average Bonchev–Trinajstić information content (AvgIpc) is 3.68. The number of fused-ring (bicyclic) bond motifs is 1. The third-order valence-electron chi connectivity index (χ3n) is 5.86. The highest BCUT2D eigenvalue weighted by Crippen LogP contribution is 2.43. The Morgan fingerprint density at radius 2 is 0.943 bits per heavy atom. The van der Waals surface area contributed by atoms with E-state index >= 15 is 0 Å². The number of rotatable bonds is 16. The van der Waals surface area contributed by atoms with Crippen LogP contribution in [-0.2, 0) is 9.47 Å². The molecule has 2 aromatic rings. The molecule has 2 aromatic carbocycles. The van der Waals surface area contributed by atoms with Gasteiger partial charge in [0.15, 0.2) is 11.5 Å². The number of hydrogen-bond acceptors (Lipinski definition) is 5. The van der Waals surface area contributed by atoms with Crippen molar-refractivity contribution in [2.45, 2.75) is 90.9 Å². The Hall–Kier alpha value is -2.82. The predicted molar refractivity (Wildman–Crippen MR) is 140 cm³/mol. The summed E-state index contributed by atoms with van der Waals surface area (Å²) in [5.41, 5.74) is 0.586. The minimum atomic E-state index is -0.444. The largest absolute Gasteiger partial charge is 0.462 e. The Kier molecular flexibility index (Phi) is 14.3. The summed E-state index contributed by atoms with van der Waals surface area (Å²) in [5.74, 6) is 1.17. The van der Waals surface area contributed by atoms with Gasteiger partial charge in [0.05, 0.1) is 24.3 Å². The first-order chi connectivity index (χ1) is 17.2. The molecule has 35 heavy (non-hydrogen) atoms. The van der Waals surface area contributed by atoms with Crippen LogP contribution < -0.4 is 4.74 Å². The van der Waals surface area contributed by atoms with E-state index in [1.54, 1.807) is 24.3 Å². The zero-order chi connectivity index (χ0) is 25.1. The molecule has 0 spiro atoms. The number of esters is 2. The lowest BCUT2D eigenvalue weighted by atomic mass is 10.1. The summed E-state index contributed by atoms with van der Waals surface area (Å²) in [6.45, 7) is 5.17. The minimum Gasteiger partial charge on any atom is -0.462 e. The van der Waals surface area contributed by atoms with Crippen molar-refractivity contribution in [2.75, 3.05) is 13.2 Å². The topological polar surface area (TPSA) is 65.1 Å². The van der Waals surface area contributed by atoms with E-state index < -0.39 is 11.9 Å². The maximum absolute atomic E-state index is 12.4. The molecule has 0 saturated carbocycles. The molecule has 5 nitrogen and oxygen atoms in total. The monoisotopic (exact) mass is 482 g/mol. The first-order valence-corrected chi connectivity index (χ1v) is 13.4. The molecular weight excluding hydrogens is 440 g/mol. The summed E-state index contributed by atoms with van der Waals surface area (Å²) in [7, 11) is 0. The second kappa shape index (κ2) is 17.6. The lowest BCUT2D eigenvalue weighted by molar-refractivity contribution is 0.0450. The Morgan fingerprint density at radius 3 is 1.34 bits per heavy atom.